The highest BCUT2D eigenvalue weighted by molar-refractivity contribution is 7.80. The van der Waals surface area contributed by atoms with E-state index >= 15 is 0 Å². The number of carbonyl (C=O) groups excluding carboxylic acids is 1. The van der Waals surface area contributed by atoms with Gasteiger partial charge >= 0.3 is 0 Å². The van der Waals surface area contributed by atoms with Crippen molar-refractivity contribution in [2.45, 2.75) is 6.92 Å². The van der Waals surface area contributed by atoms with Crippen LogP contribution in [0.4, 0.5) is 5.69 Å². The third-order valence-electron chi connectivity index (χ3n) is 2.58. The molecule has 3 nitrogen and oxygen atoms in total. The van der Waals surface area contributed by atoms with Gasteiger partial charge in [-0.15, -0.1) is 0 Å². The molecule has 1 fully saturated rings. The Labute approximate surface area is 115 Å². The summed E-state index contributed by atoms with van der Waals surface area (Å²) >= 11 is 17.4. The number of anilines is 1. The largest absolute Gasteiger partial charge is 0.339 e. The van der Waals surface area contributed by atoms with Crippen molar-refractivity contribution < 1.29 is 4.79 Å². The number of rotatable bonds is 2. The summed E-state index contributed by atoms with van der Waals surface area (Å²) in [7, 11) is 0. The van der Waals surface area contributed by atoms with Crippen molar-refractivity contribution in [1.29, 1.82) is 0 Å². The van der Waals surface area contributed by atoms with Gasteiger partial charge in [-0.2, -0.15) is 0 Å². The molecule has 6 heteroatoms. The van der Waals surface area contributed by atoms with Gasteiger partial charge in [-0.25, -0.2) is 0 Å². The number of nitrogens with zero attached hydrogens (tertiary/aromatic N) is 2. The van der Waals surface area contributed by atoms with Crippen LogP contribution in [0.2, 0.25) is 10.0 Å². The average molecular weight is 289 g/mol. The van der Waals surface area contributed by atoms with Gasteiger partial charge in [-0.3, -0.25) is 9.69 Å². The Morgan fingerprint density at radius 1 is 1.35 bits per heavy atom. The van der Waals surface area contributed by atoms with E-state index in [9.17, 15) is 4.79 Å². The molecule has 1 heterocycles. The van der Waals surface area contributed by atoms with Crippen LogP contribution in [-0.2, 0) is 4.79 Å². The van der Waals surface area contributed by atoms with Gasteiger partial charge in [0.25, 0.3) is 5.91 Å². The van der Waals surface area contributed by atoms with E-state index in [2.05, 4.69) is 0 Å². The molecule has 0 radical (unpaired) electrons. The number of hydrogen-bond donors (Lipinski definition) is 0. The Kier molecular flexibility index (Phi) is 3.56. The molecule has 90 valence electrons. The lowest BCUT2D eigenvalue weighted by Gasteiger charge is -2.20. The fraction of sp³-hybridized carbons (Fsp3) is 0.273. The van der Waals surface area contributed by atoms with Crippen LogP contribution in [0, 0.1) is 0 Å². The molecule has 1 aromatic carbocycles. The Bertz CT molecular complexity index is 472. The summed E-state index contributed by atoms with van der Waals surface area (Å²) in [6.45, 7) is 2.90. The number of carbonyl (C=O) groups is 1. The van der Waals surface area contributed by atoms with Crippen molar-refractivity contribution in [3.8, 4) is 0 Å². The molecule has 0 unspecified atom stereocenters. The van der Waals surface area contributed by atoms with Gasteiger partial charge in [-0.1, -0.05) is 29.3 Å². The molecule has 0 spiro atoms. The molecule has 0 bridgehead atoms. The maximum Gasteiger partial charge on any atom is 0.253 e. The van der Waals surface area contributed by atoms with Crippen LogP contribution in [0.3, 0.4) is 0 Å². The summed E-state index contributed by atoms with van der Waals surface area (Å²) in [6, 6.07) is 5.11. The Morgan fingerprint density at radius 3 is 2.41 bits per heavy atom. The molecular formula is C11H10Cl2N2OS. The molecule has 0 aliphatic carbocycles. The van der Waals surface area contributed by atoms with Gasteiger partial charge in [-0.05, 0) is 31.3 Å². The van der Waals surface area contributed by atoms with Crippen molar-refractivity contribution in [2.24, 2.45) is 0 Å². The zero-order valence-corrected chi connectivity index (χ0v) is 11.4. The first-order valence-electron chi connectivity index (χ1n) is 5.12. The SMILES string of the molecule is CCN1CC(=O)N(c2c(Cl)cccc2Cl)C1=S. The lowest BCUT2D eigenvalue weighted by Crippen LogP contribution is -2.33. The van der Waals surface area contributed by atoms with E-state index in [-0.39, 0.29) is 12.5 Å². The smallest absolute Gasteiger partial charge is 0.253 e. The number of para-hydroxylation sites is 1. The fourth-order valence-corrected chi connectivity index (χ4v) is 2.67. The van der Waals surface area contributed by atoms with Crippen LogP contribution >= 0.6 is 35.4 Å². The van der Waals surface area contributed by atoms with E-state index in [1.807, 2.05) is 6.92 Å². The van der Waals surface area contributed by atoms with Gasteiger partial charge in [0.1, 0.15) is 0 Å². The lowest BCUT2D eigenvalue weighted by molar-refractivity contribution is -0.116. The predicted molar refractivity (Wildman–Crippen MR) is 73.8 cm³/mol. The number of likely N-dealkylation sites (N-methyl/N-ethyl adjacent to an activating group) is 1. The minimum Gasteiger partial charge on any atom is -0.339 e. The average Bonchev–Trinajstić information content (AvgIpc) is 2.56. The first-order valence-corrected chi connectivity index (χ1v) is 6.28. The third-order valence-corrected chi connectivity index (χ3v) is 3.63. The highest BCUT2D eigenvalue weighted by atomic mass is 35.5. The topological polar surface area (TPSA) is 23.6 Å². The summed E-state index contributed by atoms with van der Waals surface area (Å²) in [5, 5.41) is 1.30. The van der Waals surface area contributed by atoms with E-state index < -0.39 is 0 Å². The Hall–Kier alpha value is -0.840. The summed E-state index contributed by atoms with van der Waals surface area (Å²) in [5.41, 5.74) is 0.474. The van der Waals surface area contributed by atoms with Crippen molar-refractivity contribution in [2.75, 3.05) is 18.0 Å². The Morgan fingerprint density at radius 2 is 1.94 bits per heavy atom. The summed E-state index contributed by atoms with van der Waals surface area (Å²) in [6.07, 6.45) is 0. The quantitative estimate of drug-likeness (QED) is 0.782. The van der Waals surface area contributed by atoms with E-state index in [4.69, 9.17) is 35.4 Å². The number of hydrogen-bond acceptors (Lipinski definition) is 2. The van der Waals surface area contributed by atoms with Crippen LogP contribution < -0.4 is 4.90 Å². The first-order chi connectivity index (χ1) is 8.06. The molecule has 1 aliphatic rings. The van der Waals surface area contributed by atoms with Gasteiger partial charge in [0.05, 0.1) is 22.3 Å². The van der Waals surface area contributed by atoms with Gasteiger partial charge < -0.3 is 4.90 Å². The molecular weight excluding hydrogens is 279 g/mol. The van der Waals surface area contributed by atoms with Crippen LogP contribution in [0.5, 0.6) is 0 Å². The van der Waals surface area contributed by atoms with Gasteiger partial charge in [0, 0.05) is 6.54 Å². The van der Waals surface area contributed by atoms with Gasteiger partial charge in [0.15, 0.2) is 5.11 Å². The van der Waals surface area contributed by atoms with E-state index in [1.165, 1.54) is 4.90 Å². The van der Waals surface area contributed by atoms with Gasteiger partial charge in [0.2, 0.25) is 0 Å². The number of benzene rings is 1. The van der Waals surface area contributed by atoms with E-state index in [0.29, 0.717) is 27.4 Å². The summed E-state index contributed by atoms with van der Waals surface area (Å²) in [5.74, 6) is -0.105. The van der Waals surface area contributed by atoms with Crippen LogP contribution in [-0.4, -0.2) is 29.0 Å². The normalized spacial score (nSPS) is 15.9. The van der Waals surface area contributed by atoms with Crippen molar-refractivity contribution in [1.82, 2.24) is 4.90 Å². The number of thiocarbonyl (C=S) groups is 1. The standard InChI is InChI=1S/C11H10Cl2N2OS/c1-2-14-6-9(16)15(11(14)17)10-7(12)4-3-5-8(10)13/h3-5H,2,6H2,1H3. The maximum absolute atomic E-state index is 11.9. The van der Waals surface area contributed by atoms with Crippen LogP contribution in [0.25, 0.3) is 0 Å². The van der Waals surface area contributed by atoms with Crippen molar-refractivity contribution >= 4 is 52.1 Å². The molecule has 1 saturated heterocycles. The minimum absolute atomic E-state index is 0.105. The second-order valence-electron chi connectivity index (χ2n) is 3.60. The molecule has 0 atom stereocenters. The highest BCUT2D eigenvalue weighted by Gasteiger charge is 2.35. The number of halogens is 2. The Balaban J connectivity index is 2.47. The first kappa shape index (κ1) is 12.6. The minimum atomic E-state index is -0.105. The lowest BCUT2D eigenvalue weighted by atomic mass is 10.3. The molecule has 0 N–H and O–H groups in total. The van der Waals surface area contributed by atoms with E-state index in [1.54, 1.807) is 23.1 Å². The highest BCUT2D eigenvalue weighted by Crippen LogP contribution is 2.35. The number of amides is 1. The van der Waals surface area contributed by atoms with Crippen molar-refractivity contribution in [3.05, 3.63) is 28.2 Å². The fourth-order valence-electron chi connectivity index (χ4n) is 1.72. The zero-order valence-electron chi connectivity index (χ0n) is 9.11. The van der Waals surface area contributed by atoms with Crippen molar-refractivity contribution in [3.63, 3.8) is 0 Å². The molecule has 17 heavy (non-hydrogen) atoms. The maximum atomic E-state index is 11.9. The van der Waals surface area contributed by atoms with E-state index in [0.717, 1.165) is 0 Å². The molecule has 0 saturated carbocycles. The molecule has 1 aliphatic heterocycles. The second-order valence-corrected chi connectivity index (χ2v) is 4.78. The third kappa shape index (κ3) is 2.12. The molecule has 1 amide bonds. The molecule has 2 rings (SSSR count). The van der Waals surface area contributed by atoms with Crippen LogP contribution in [0.1, 0.15) is 6.92 Å². The van der Waals surface area contributed by atoms with Crippen LogP contribution in [0.15, 0.2) is 18.2 Å². The predicted octanol–water partition coefficient (Wildman–Crippen LogP) is 2.95. The summed E-state index contributed by atoms with van der Waals surface area (Å²) < 4.78 is 0. The molecule has 0 aromatic heterocycles. The monoisotopic (exact) mass is 288 g/mol. The second kappa shape index (κ2) is 4.80. The zero-order chi connectivity index (χ0) is 12.6. The summed E-state index contributed by atoms with van der Waals surface area (Å²) in [4.78, 5) is 15.1. The molecule has 1 aromatic rings.